The van der Waals surface area contributed by atoms with Gasteiger partial charge in [0.2, 0.25) is 0 Å². The Labute approximate surface area is 404 Å². The van der Waals surface area contributed by atoms with Crippen molar-refractivity contribution in [3.8, 4) is 22.3 Å². The highest BCUT2D eigenvalue weighted by atomic mass is 31.2. The molecule has 66 heavy (non-hydrogen) atoms. The Morgan fingerprint density at radius 2 is 0.667 bits per heavy atom. The van der Waals surface area contributed by atoms with Crippen LogP contribution in [0.15, 0.2) is 66.7 Å². The minimum Gasteiger partial charge on any atom is -0.189 e. The summed E-state index contributed by atoms with van der Waals surface area (Å²) in [4.78, 5) is 35.2. The number of hydrogen-bond donors (Lipinski definition) is 3. The first kappa shape index (κ1) is 53.9. The summed E-state index contributed by atoms with van der Waals surface area (Å²) in [7, 11) is -4.58. The smallest absolute Gasteiger partial charge is 0.189 e. The maximum absolute atomic E-state index is 11.7. The third-order valence-corrected chi connectivity index (χ3v) is 20.1. The van der Waals surface area contributed by atoms with E-state index in [2.05, 4.69) is 221 Å². The molecule has 4 heteroatoms. The topological polar surface area (TPSA) is 60.7 Å². The van der Waals surface area contributed by atoms with E-state index in [0.29, 0.717) is 29.2 Å². The van der Waals surface area contributed by atoms with Gasteiger partial charge in [-0.25, -0.2) is 0 Å². The average molecular weight is 916 g/mol. The molecule has 362 valence electrons. The Morgan fingerprint density at radius 3 is 1.00 bits per heavy atom. The lowest BCUT2D eigenvalue weighted by molar-refractivity contribution is 0.347. The lowest BCUT2D eigenvalue weighted by atomic mass is 9.66. The van der Waals surface area contributed by atoms with Gasteiger partial charge in [0.1, 0.15) is 0 Å². The van der Waals surface area contributed by atoms with E-state index in [9.17, 15) is 14.7 Å². The summed E-state index contributed by atoms with van der Waals surface area (Å²) in [5.41, 5.74) is 10.2. The summed E-state index contributed by atoms with van der Waals surface area (Å²) < 4.78 is 0. The van der Waals surface area contributed by atoms with E-state index in [1.54, 1.807) is 6.07 Å². The summed E-state index contributed by atoms with van der Waals surface area (Å²) in [5, 5.41) is 5.00. The van der Waals surface area contributed by atoms with E-state index in [-0.39, 0.29) is 49.6 Å². The van der Waals surface area contributed by atoms with Crippen LogP contribution in [0.2, 0.25) is 0 Å². The van der Waals surface area contributed by atoms with Crippen LogP contribution in [0.3, 0.4) is 0 Å². The van der Waals surface area contributed by atoms with Crippen molar-refractivity contribution in [1.82, 2.24) is 0 Å². The molecule has 0 aliphatic carbocycles. The third-order valence-electron chi connectivity index (χ3n) is 19.0. The van der Waals surface area contributed by atoms with E-state index in [4.69, 9.17) is 0 Å². The van der Waals surface area contributed by atoms with Gasteiger partial charge < -0.3 is 0 Å². The van der Waals surface area contributed by atoms with Crippen LogP contribution in [0.1, 0.15) is 200 Å². The largest absolute Gasteiger partial charge is 0.441 e. The van der Waals surface area contributed by atoms with Crippen molar-refractivity contribution in [2.45, 2.75) is 199 Å². The molecule has 0 heterocycles. The SMILES string of the molecule is CC(C)C(C)(C)c1cc(C(C)(C)C(C)C)c2cc(-c3cccc([P+](O)(O)O)c3-c3cc4c(C(C)(C)C(C)C)cc(C(C)(C)C(C)C)cc4cc3C(C)(C)C(C)C)c(C(C)(C)C(C)C)cc2c1. The lowest BCUT2D eigenvalue weighted by Gasteiger charge is -2.38. The molecule has 3 N–H and O–H groups in total. The Kier molecular flexibility index (Phi) is 14.7. The van der Waals surface area contributed by atoms with Crippen LogP contribution in [0.25, 0.3) is 43.8 Å². The van der Waals surface area contributed by atoms with Crippen molar-refractivity contribution < 1.29 is 14.7 Å². The summed E-state index contributed by atoms with van der Waals surface area (Å²) in [5.74, 6) is 2.09. The Morgan fingerprint density at radius 1 is 0.348 bits per heavy atom. The van der Waals surface area contributed by atoms with E-state index >= 15 is 0 Å². The van der Waals surface area contributed by atoms with Crippen LogP contribution in [0.4, 0.5) is 0 Å². The van der Waals surface area contributed by atoms with Crippen molar-refractivity contribution in [1.29, 1.82) is 0 Å². The van der Waals surface area contributed by atoms with Gasteiger partial charge in [-0.2, -0.15) is 14.7 Å². The fourth-order valence-electron chi connectivity index (χ4n) is 9.34. The number of rotatable bonds is 15. The molecule has 0 amide bonds. The van der Waals surface area contributed by atoms with Crippen LogP contribution in [0, 0.1) is 35.5 Å². The molecule has 3 nitrogen and oxygen atoms in total. The second-order valence-electron chi connectivity index (χ2n) is 25.8. The maximum Gasteiger partial charge on any atom is 0.441 e. The van der Waals surface area contributed by atoms with E-state index in [1.165, 1.54) is 44.0 Å². The molecule has 0 saturated heterocycles. The first-order valence-corrected chi connectivity index (χ1v) is 27.0. The Bertz CT molecular complexity index is 2580. The summed E-state index contributed by atoms with van der Waals surface area (Å²) in [6, 6.07) is 25.3. The minimum absolute atomic E-state index is 0.0513. The van der Waals surface area contributed by atoms with E-state index < -0.39 is 7.94 Å². The van der Waals surface area contributed by atoms with Crippen molar-refractivity contribution in [3.05, 3.63) is 100 Å². The average Bonchev–Trinajstić information content (AvgIpc) is 3.20. The summed E-state index contributed by atoms with van der Waals surface area (Å²) >= 11 is 0. The van der Waals surface area contributed by atoms with Crippen LogP contribution < -0.4 is 5.30 Å². The second kappa shape index (κ2) is 18.0. The first-order valence-electron chi connectivity index (χ1n) is 25.3. The van der Waals surface area contributed by atoms with E-state index in [0.717, 1.165) is 27.6 Å². The molecule has 0 saturated carbocycles. The third kappa shape index (κ3) is 9.36. The van der Waals surface area contributed by atoms with Gasteiger partial charge in [-0.1, -0.05) is 203 Å². The predicted octanol–water partition coefficient (Wildman–Crippen LogP) is 17.3. The molecular formula is C62H92O3P+. The van der Waals surface area contributed by atoms with Gasteiger partial charge in [-0.3, -0.25) is 0 Å². The molecule has 5 aromatic carbocycles. The van der Waals surface area contributed by atoms with Crippen molar-refractivity contribution in [2.75, 3.05) is 0 Å². The summed E-state index contributed by atoms with van der Waals surface area (Å²) in [6.45, 7) is 56.1. The number of hydrogen-bond acceptors (Lipinski definition) is 3. The van der Waals surface area contributed by atoms with Gasteiger partial charge in [0.15, 0.2) is 5.30 Å². The zero-order chi connectivity index (χ0) is 50.4. The first-order chi connectivity index (χ1) is 29.9. The molecule has 0 unspecified atom stereocenters. The molecule has 5 aromatic rings. The number of fused-ring (bicyclic) bond motifs is 2. The number of benzene rings is 5. The highest BCUT2D eigenvalue weighted by Gasteiger charge is 2.43. The van der Waals surface area contributed by atoms with Gasteiger partial charge in [0.05, 0.1) is 0 Å². The molecule has 0 spiro atoms. The fourth-order valence-corrected chi connectivity index (χ4v) is 10.2. The predicted molar refractivity (Wildman–Crippen MR) is 293 cm³/mol. The lowest BCUT2D eigenvalue weighted by Crippen LogP contribution is -2.29. The normalized spacial score (nSPS) is 14.2. The standard InChI is InChI=1S/C62H92O3P/c1-36(2)57(13,14)44-28-42-30-51(59(17,18)38(5)6)49(34-47(42)53(32-44)61(21,22)40(9)10)46-26-25-27-55(66(63,64)65)56(46)50-35-48-43(31-52(50)60(19,20)39(7)8)29-45(58(15,16)37(3)4)33-54(48)62(23,24)41(11)12/h25-41,63-65H,1-24H3/q+1. The molecule has 5 rings (SSSR count). The molecule has 0 fully saturated rings. The molecule has 0 radical (unpaired) electrons. The molecule has 0 aromatic heterocycles. The van der Waals surface area contributed by atoms with Gasteiger partial charge in [0.25, 0.3) is 0 Å². The van der Waals surface area contributed by atoms with Gasteiger partial charge in [-0.05, 0) is 170 Å². The highest BCUT2D eigenvalue weighted by molar-refractivity contribution is 7.67. The summed E-state index contributed by atoms with van der Waals surface area (Å²) in [6.07, 6.45) is 0. The van der Waals surface area contributed by atoms with Crippen LogP contribution in [0.5, 0.6) is 0 Å². The fraction of sp³-hybridized carbons (Fsp3) is 0.581. The molecule has 0 atom stereocenters. The monoisotopic (exact) mass is 916 g/mol. The Hall–Kier alpha value is -3.07. The van der Waals surface area contributed by atoms with Gasteiger partial charge in [-0.15, -0.1) is 0 Å². The van der Waals surface area contributed by atoms with E-state index in [1.807, 2.05) is 6.07 Å². The molecule has 0 aliphatic heterocycles. The molecule has 0 bridgehead atoms. The zero-order valence-electron chi connectivity index (χ0n) is 46.1. The van der Waals surface area contributed by atoms with Gasteiger partial charge >= 0.3 is 7.94 Å². The second-order valence-corrected chi connectivity index (χ2v) is 27.4. The van der Waals surface area contributed by atoms with Crippen molar-refractivity contribution in [2.24, 2.45) is 35.5 Å². The highest BCUT2D eigenvalue weighted by Crippen LogP contribution is 2.54. The molecule has 0 aliphatic rings. The van der Waals surface area contributed by atoms with Crippen LogP contribution >= 0.6 is 7.94 Å². The van der Waals surface area contributed by atoms with Gasteiger partial charge in [0, 0.05) is 5.56 Å². The Balaban J connectivity index is 2.16. The van der Waals surface area contributed by atoms with Crippen LogP contribution in [-0.2, 0) is 32.5 Å². The molecular weight excluding hydrogens is 824 g/mol. The van der Waals surface area contributed by atoms with Crippen molar-refractivity contribution in [3.63, 3.8) is 0 Å². The van der Waals surface area contributed by atoms with Crippen molar-refractivity contribution >= 4 is 34.8 Å². The maximum atomic E-state index is 11.7. The quantitative estimate of drug-likeness (QED) is 0.0917. The zero-order valence-corrected chi connectivity index (χ0v) is 47.0. The van der Waals surface area contributed by atoms with Crippen LogP contribution in [-0.4, -0.2) is 14.7 Å². The minimum atomic E-state index is -4.58.